The van der Waals surface area contributed by atoms with Crippen LogP contribution < -0.4 is 4.74 Å². The molecule has 0 spiro atoms. The van der Waals surface area contributed by atoms with E-state index in [1.165, 1.54) is 6.08 Å². The Labute approximate surface area is 188 Å². The van der Waals surface area contributed by atoms with E-state index in [-0.39, 0.29) is 11.7 Å². The van der Waals surface area contributed by atoms with E-state index in [9.17, 15) is 14.7 Å². The van der Waals surface area contributed by atoms with Crippen molar-refractivity contribution in [3.05, 3.63) is 65.2 Å². The molecule has 1 N–H and O–H groups in total. The molecular weight excluding hydrogens is 408 g/mol. The van der Waals surface area contributed by atoms with Crippen molar-refractivity contribution in [1.82, 2.24) is 0 Å². The number of phenols is 1. The van der Waals surface area contributed by atoms with Gasteiger partial charge in [0.05, 0.1) is 13.2 Å². The van der Waals surface area contributed by atoms with Gasteiger partial charge in [0, 0.05) is 11.6 Å². The number of ether oxygens (including phenoxy) is 3. The summed E-state index contributed by atoms with van der Waals surface area (Å²) in [5.41, 5.74) is 2.25. The number of unbranched alkanes of at least 4 members (excludes halogenated alkanes) is 2. The molecule has 2 aromatic carbocycles. The highest BCUT2D eigenvalue weighted by Gasteiger charge is 2.41. The molecule has 0 amide bonds. The fraction of sp³-hybridized carbons (Fsp3) is 0.385. The summed E-state index contributed by atoms with van der Waals surface area (Å²) in [6.45, 7) is 4.82. The molecule has 0 saturated carbocycles. The molecule has 0 aromatic heterocycles. The van der Waals surface area contributed by atoms with Crippen molar-refractivity contribution in [3.63, 3.8) is 0 Å². The number of rotatable bonds is 10. The zero-order valence-corrected chi connectivity index (χ0v) is 18.6. The van der Waals surface area contributed by atoms with Gasteiger partial charge in [-0.25, -0.2) is 4.79 Å². The third-order valence-electron chi connectivity index (χ3n) is 5.30. The fourth-order valence-electron chi connectivity index (χ4n) is 3.50. The lowest BCUT2D eigenvalue weighted by Gasteiger charge is -2.18. The monoisotopic (exact) mass is 438 g/mol. The van der Waals surface area contributed by atoms with Crippen molar-refractivity contribution in [3.8, 4) is 11.5 Å². The Hall–Kier alpha value is -3.28. The standard InChI is InChI=1S/C26H30O6/c1-3-5-15-30-23(28)14-8-18-7-13-22-21(17-18)24(26(29)31-16-6-4-2)25(32-22)19-9-11-20(27)12-10-19/h7-14,17,24-25,27H,3-6,15-16H2,1-2H3/b14-8+/t24-,25+/m0/s1. The number of aromatic hydroxyl groups is 1. The third-order valence-corrected chi connectivity index (χ3v) is 5.30. The molecule has 6 heteroatoms. The first-order valence-corrected chi connectivity index (χ1v) is 11.1. The van der Waals surface area contributed by atoms with Gasteiger partial charge in [-0.2, -0.15) is 0 Å². The molecule has 0 radical (unpaired) electrons. The number of carbonyl (C=O) groups excluding carboxylic acids is 2. The van der Waals surface area contributed by atoms with E-state index in [4.69, 9.17) is 14.2 Å². The second kappa shape index (κ2) is 11.4. The molecule has 2 atom stereocenters. The molecule has 170 valence electrons. The minimum atomic E-state index is -0.642. The van der Waals surface area contributed by atoms with Gasteiger partial charge in [0.1, 0.15) is 23.5 Å². The van der Waals surface area contributed by atoms with Crippen molar-refractivity contribution in [1.29, 1.82) is 0 Å². The normalized spacial score (nSPS) is 17.1. The van der Waals surface area contributed by atoms with E-state index >= 15 is 0 Å². The molecule has 1 aliphatic heterocycles. The predicted molar refractivity (Wildman–Crippen MR) is 121 cm³/mol. The summed E-state index contributed by atoms with van der Waals surface area (Å²) in [5.74, 6) is -0.646. The summed E-state index contributed by atoms with van der Waals surface area (Å²) < 4.78 is 16.8. The maximum absolute atomic E-state index is 13.0. The number of carbonyl (C=O) groups is 2. The Bertz CT molecular complexity index is 947. The molecule has 2 aromatic rings. The van der Waals surface area contributed by atoms with E-state index in [1.54, 1.807) is 36.4 Å². The Balaban J connectivity index is 1.84. The lowest BCUT2D eigenvalue weighted by Crippen LogP contribution is -2.21. The van der Waals surface area contributed by atoms with Crippen LogP contribution in [0.2, 0.25) is 0 Å². The van der Waals surface area contributed by atoms with Gasteiger partial charge in [-0.1, -0.05) is 44.9 Å². The van der Waals surface area contributed by atoms with E-state index < -0.39 is 18.0 Å². The van der Waals surface area contributed by atoms with E-state index in [0.29, 0.717) is 24.5 Å². The van der Waals surface area contributed by atoms with Crippen molar-refractivity contribution in [2.45, 2.75) is 51.6 Å². The second-order valence-corrected chi connectivity index (χ2v) is 7.78. The smallest absolute Gasteiger partial charge is 0.330 e. The average Bonchev–Trinajstić information content (AvgIpc) is 3.17. The van der Waals surface area contributed by atoms with Gasteiger partial charge in [-0.05, 0) is 54.3 Å². The van der Waals surface area contributed by atoms with Gasteiger partial charge in [0.2, 0.25) is 0 Å². The van der Waals surface area contributed by atoms with Crippen molar-refractivity contribution in [2.75, 3.05) is 13.2 Å². The van der Waals surface area contributed by atoms with Crippen LogP contribution in [-0.2, 0) is 19.1 Å². The highest BCUT2D eigenvalue weighted by atomic mass is 16.5. The molecule has 0 saturated heterocycles. The third kappa shape index (κ3) is 5.90. The number of fused-ring (bicyclic) bond motifs is 1. The number of phenolic OH excluding ortho intramolecular Hbond substituents is 1. The Morgan fingerprint density at radius 2 is 1.69 bits per heavy atom. The summed E-state index contributed by atoms with van der Waals surface area (Å²) >= 11 is 0. The Kier molecular flexibility index (Phi) is 8.31. The van der Waals surface area contributed by atoms with Crippen LogP contribution in [0.5, 0.6) is 11.5 Å². The lowest BCUT2D eigenvalue weighted by atomic mass is 9.90. The topological polar surface area (TPSA) is 82.1 Å². The van der Waals surface area contributed by atoms with E-state index in [2.05, 4.69) is 0 Å². The van der Waals surface area contributed by atoms with Crippen LogP contribution in [0.15, 0.2) is 48.5 Å². The minimum Gasteiger partial charge on any atom is -0.508 e. The van der Waals surface area contributed by atoms with Crippen molar-refractivity contribution < 1.29 is 28.9 Å². The maximum atomic E-state index is 13.0. The Morgan fingerprint density at radius 1 is 1.00 bits per heavy atom. The number of hydrogen-bond donors (Lipinski definition) is 1. The van der Waals surface area contributed by atoms with Crippen LogP contribution in [-0.4, -0.2) is 30.3 Å². The summed E-state index contributed by atoms with van der Waals surface area (Å²) in [6, 6.07) is 12.1. The minimum absolute atomic E-state index is 0.143. The van der Waals surface area contributed by atoms with Gasteiger partial charge < -0.3 is 19.3 Å². The maximum Gasteiger partial charge on any atom is 0.330 e. The molecule has 0 unspecified atom stereocenters. The van der Waals surface area contributed by atoms with E-state index in [1.807, 2.05) is 26.0 Å². The van der Waals surface area contributed by atoms with Gasteiger partial charge in [-0.15, -0.1) is 0 Å². The molecule has 1 heterocycles. The van der Waals surface area contributed by atoms with Crippen LogP contribution in [0, 0.1) is 0 Å². The quantitative estimate of drug-likeness (QED) is 0.308. The van der Waals surface area contributed by atoms with Crippen LogP contribution in [0.1, 0.15) is 68.2 Å². The second-order valence-electron chi connectivity index (χ2n) is 7.78. The SMILES string of the molecule is CCCCOC(=O)/C=C/c1ccc2c(c1)[C@H](C(=O)OCCCC)[C@@H](c1ccc(O)cc1)O2. The number of benzene rings is 2. The van der Waals surface area contributed by atoms with Crippen LogP contribution >= 0.6 is 0 Å². The molecule has 32 heavy (non-hydrogen) atoms. The van der Waals surface area contributed by atoms with Crippen molar-refractivity contribution >= 4 is 18.0 Å². The largest absolute Gasteiger partial charge is 0.508 e. The predicted octanol–water partition coefficient (Wildman–Crippen LogP) is 5.31. The molecule has 0 fully saturated rings. The van der Waals surface area contributed by atoms with Gasteiger partial charge in [0.25, 0.3) is 0 Å². The van der Waals surface area contributed by atoms with Crippen LogP contribution in [0.25, 0.3) is 6.08 Å². The molecule has 3 rings (SSSR count). The van der Waals surface area contributed by atoms with Crippen LogP contribution in [0.3, 0.4) is 0 Å². The highest BCUT2D eigenvalue weighted by Crippen LogP contribution is 2.47. The Morgan fingerprint density at radius 3 is 2.38 bits per heavy atom. The van der Waals surface area contributed by atoms with E-state index in [0.717, 1.165) is 36.8 Å². The number of esters is 2. The van der Waals surface area contributed by atoms with Gasteiger partial charge in [-0.3, -0.25) is 4.79 Å². The summed E-state index contributed by atoms with van der Waals surface area (Å²) in [7, 11) is 0. The first-order valence-electron chi connectivity index (χ1n) is 11.1. The van der Waals surface area contributed by atoms with Crippen LogP contribution in [0.4, 0.5) is 0 Å². The lowest BCUT2D eigenvalue weighted by molar-refractivity contribution is -0.147. The summed E-state index contributed by atoms with van der Waals surface area (Å²) in [4.78, 5) is 24.9. The zero-order valence-electron chi connectivity index (χ0n) is 18.6. The fourth-order valence-corrected chi connectivity index (χ4v) is 3.50. The average molecular weight is 439 g/mol. The summed E-state index contributed by atoms with van der Waals surface area (Å²) in [6.07, 6.45) is 6.00. The molecule has 0 bridgehead atoms. The molecule has 1 aliphatic rings. The van der Waals surface area contributed by atoms with Gasteiger partial charge >= 0.3 is 11.9 Å². The van der Waals surface area contributed by atoms with Crippen molar-refractivity contribution in [2.24, 2.45) is 0 Å². The first-order chi connectivity index (χ1) is 15.5. The number of hydrogen-bond acceptors (Lipinski definition) is 6. The molecule has 0 aliphatic carbocycles. The first kappa shape index (κ1) is 23.4. The molecule has 6 nitrogen and oxygen atoms in total. The highest BCUT2D eigenvalue weighted by molar-refractivity contribution is 5.87. The zero-order chi connectivity index (χ0) is 22.9. The molecular formula is C26H30O6. The van der Waals surface area contributed by atoms with Gasteiger partial charge in [0.15, 0.2) is 0 Å². The summed E-state index contributed by atoms with van der Waals surface area (Å²) in [5, 5.41) is 9.62.